The van der Waals surface area contributed by atoms with E-state index < -0.39 is 0 Å². The molecule has 2 fully saturated rings. The first kappa shape index (κ1) is 24.5. The summed E-state index contributed by atoms with van der Waals surface area (Å²) in [4.78, 5) is 9.25. The number of benzene rings is 1. The van der Waals surface area contributed by atoms with Crippen molar-refractivity contribution in [3.8, 4) is 6.07 Å². The molecule has 8 heteroatoms. The summed E-state index contributed by atoms with van der Waals surface area (Å²) in [5.74, 6) is 2.79. The number of hydrogen-bond acceptors (Lipinski definition) is 8. The van der Waals surface area contributed by atoms with E-state index >= 15 is 0 Å². The van der Waals surface area contributed by atoms with Crippen LogP contribution < -0.4 is 4.90 Å². The summed E-state index contributed by atoms with van der Waals surface area (Å²) in [5.41, 5.74) is 3.52. The second-order valence-electron chi connectivity index (χ2n) is 9.48. The van der Waals surface area contributed by atoms with Crippen molar-refractivity contribution in [3.05, 3.63) is 47.7 Å². The zero-order valence-electron chi connectivity index (χ0n) is 20.6. The van der Waals surface area contributed by atoms with Crippen molar-refractivity contribution in [2.45, 2.75) is 46.6 Å². The lowest BCUT2D eigenvalue weighted by Gasteiger charge is -2.27. The highest BCUT2D eigenvalue weighted by Crippen LogP contribution is 2.35. The molecule has 34 heavy (non-hydrogen) atoms. The fourth-order valence-corrected chi connectivity index (χ4v) is 5.82. The normalized spacial score (nSPS) is 21.4. The Balaban J connectivity index is 1.27. The van der Waals surface area contributed by atoms with Gasteiger partial charge in [0.2, 0.25) is 0 Å². The Bertz CT molecular complexity index is 1080. The van der Waals surface area contributed by atoms with Crippen molar-refractivity contribution in [3.63, 3.8) is 0 Å². The highest BCUT2D eigenvalue weighted by atomic mass is 32.2. The van der Waals surface area contributed by atoms with Crippen LogP contribution in [0.1, 0.15) is 50.6 Å². The van der Waals surface area contributed by atoms with Gasteiger partial charge in [0.05, 0.1) is 22.4 Å². The van der Waals surface area contributed by atoms with E-state index in [1.54, 1.807) is 0 Å². The van der Waals surface area contributed by atoms with Crippen LogP contribution in [0.4, 0.5) is 5.69 Å². The lowest BCUT2D eigenvalue weighted by molar-refractivity contribution is 0.319. The number of aryl methyl sites for hydroxylation is 1. The quantitative estimate of drug-likeness (QED) is 0.231. The molecule has 4 rings (SSSR count). The van der Waals surface area contributed by atoms with E-state index in [4.69, 9.17) is 4.42 Å². The van der Waals surface area contributed by atoms with Crippen LogP contribution in [-0.4, -0.2) is 58.6 Å². The number of thioether (sulfide) groups is 1. The number of nitrogens with zero attached hydrogens (tertiary/aromatic N) is 6. The van der Waals surface area contributed by atoms with Crippen LogP contribution >= 0.6 is 11.8 Å². The first-order chi connectivity index (χ1) is 16.5. The molecule has 0 amide bonds. The fourth-order valence-electron chi connectivity index (χ4n) is 4.90. The SMILES string of the molecule is C/C(=N\N=C(\SCCCN1CC2CCN(c3cccc(C#N)c3)C2C1)C(C)C)c1ocnc1C. The third-order valence-electron chi connectivity index (χ3n) is 6.67. The van der Waals surface area contributed by atoms with Gasteiger partial charge in [-0.1, -0.05) is 19.9 Å². The maximum Gasteiger partial charge on any atom is 0.181 e. The molecule has 2 unspecified atom stereocenters. The van der Waals surface area contributed by atoms with Crippen molar-refractivity contribution in [2.75, 3.05) is 36.8 Å². The van der Waals surface area contributed by atoms with Crippen molar-refractivity contribution in [1.82, 2.24) is 9.88 Å². The summed E-state index contributed by atoms with van der Waals surface area (Å²) >= 11 is 1.81. The van der Waals surface area contributed by atoms with E-state index in [0.29, 0.717) is 17.7 Å². The molecule has 7 nitrogen and oxygen atoms in total. The molecule has 0 bridgehead atoms. The maximum absolute atomic E-state index is 9.24. The smallest absolute Gasteiger partial charge is 0.181 e. The average Bonchev–Trinajstić information content (AvgIpc) is 3.53. The van der Waals surface area contributed by atoms with Crippen LogP contribution in [0.3, 0.4) is 0 Å². The van der Waals surface area contributed by atoms with Gasteiger partial charge in [-0.15, -0.1) is 16.9 Å². The molecule has 2 atom stereocenters. The van der Waals surface area contributed by atoms with E-state index in [9.17, 15) is 5.26 Å². The predicted octanol–water partition coefficient (Wildman–Crippen LogP) is 4.97. The largest absolute Gasteiger partial charge is 0.442 e. The molecule has 2 saturated heterocycles. The molecule has 2 aliphatic heterocycles. The summed E-state index contributed by atoms with van der Waals surface area (Å²) in [6, 6.07) is 10.9. The Morgan fingerprint density at radius 1 is 1.32 bits per heavy atom. The number of rotatable bonds is 8. The molecule has 3 heterocycles. The molecule has 0 spiro atoms. The van der Waals surface area contributed by atoms with Crippen molar-refractivity contribution in [1.29, 1.82) is 5.26 Å². The van der Waals surface area contributed by atoms with Crippen molar-refractivity contribution in [2.24, 2.45) is 22.0 Å². The summed E-state index contributed by atoms with van der Waals surface area (Å²) < 4.78 is 5.41. The van der Waals surface area contributed by atoms with Gasteiger partial charge in [0, 0.05) is 43.0 Å². The topological polar surface area (TPSA) is 81.0 Å². The first-order valence-electron chi connectivity index (χ1n) is 12.1. The Kier molecular flexibility index (Phi) is 8.07. The van der Waals surface area contributed by atoms with Gasteiger partial charge in [-0.05, 0) is 57.4 Å². The monoisotopic (exact) mass is 478 g/mol. The highest BCUT2D eigenvalue weighted by molar-refractivity contribution is 8.13. The molecule has 1 aromatic carbocycles. The number of oxazole rings is 1. The summed E-state index contributed by atoms with van der Waals surface area (Å²) in [6.45, 7) is 12.6. The molecule has 180 valence electrons. The minimum Gasteiger partial charge on any atom is -0.442 e. The molecule has 2 aliphatic rings. The summed E-state index contributed by atoms with van der Waals surface area (Å²) in [7, 11) is 0. The average molecular weight is 479 g/mol. The van der Waals surface area contributed by atoms with Gasteiger partial charge >= 0.3 is 0 Å². The summed E-state index contributed by atoms with van der Waals surface area (Å²) in [5, 5.41) is 19.2. The van der Waals surface area contributed by atoms with Gasteiger partial charge in [0.25, 0.3) is 0 Å². The van der Waals surface area contributed by atoms with E-state index in [2.05, 4.69) is 51.0 Å². The second kappa shape index (κ2) is 11.2. The Morgan fingerprint density at radius 3 is 2.91 bits per heavy atom. The lowest BCUT2D eigenvalue weighted by Crippen LogP contribution is -2.35. The maximum atomic E-state index is 9.24. The molecule has 1 aromatic heterocycles. The van der Waals surface area contributed by atoms with Crippen LogP contribution in [0.2, 0.25) is 0 Å². The molecule has 0 saturated carbocycles. The Hall–Kier alpha value is -2.63. The number of aromatic nitrogens is 1. The number of hydrogen-bond donors (Lipinski definition) is 0. The Labute approximate surface area is 206 Å². The van der Waals surface area contributed by atoms with E-state index in [-0.39, 0.29) is 0 Å². The lowest BCUT2D eigenvalue weighted by atomic mass is 10.0. The number of nitriles is 1. The van der Waals surface area contributed by atoms with Crippen LogP contribution in [-0.2, 0) is 0 Å². The zero-order chi connectivity index (χ0) is 24.1. The van der Waals surface area contributed by atoms with E-state index in [1.807, 2.05) is 43.8 Å². The van der Waals surface area contributed by atoms with Crippen molar-refractivity contribution < 1.29 is 4.42 Å². The number of likely N-dealkylation sites (tertiary alicyclic amines) is 1. The van der Waals surface area contributed by atoms with Gasteiger partial charge in [0.15, 0.2) is 12.2 Å². The molecule has 0 aliphatic carbocycles. The van der Waals surface area contributed by atoms with E-state index in [1.165, 1.54) is 25.0 Å². The van der Waals surface area contributed by atoms with Gasteiger partial charge in [0.1, 0.15) is 5.71 Å². The third kappa shape index (κ3) is 5.70. The second-order valence-corrected chi connectivity index (χ2v) is 10.6. The minimum atomic E-state index is 0.334. The van der Waals surface area contributed by atoms with Crippen LogP contribution in [0.15, 0.2) is 45.3 Å². The van der Waals surface area contributed by atoms with Crippen LogP contribution in [0.25, 0.3) is 0 Å². The first-order valence-corrected chi connectivity index (χ1v) is 13.1. The number of anilines is 1. The van der Waals surface area contributed by atoms with Gasteiger partial charge in [-0.25, -0.2) is 4.98 Å². The van der Waals surface area contributed by atoms with Gasteiger partial charge in [-0.3, -0.25) is 0 Å². The zero-order valence-corrected chi connectivity index (χ0v) is 21.4. The third-order valence-corrected chi connectivity index (χ3v) is 8.01. The molecular weight excluding hydrogens is 444 g/mol. The summed E-state index contributed by atoms with van der Waals surface area (Å²) in [6.07, 6.45) is 3.81. The molecule has 0 N–H and O–H groups in total. The number of fused-ring (bicyclic) bond motifs is 1. The van der Waals surface area contributed by atoms with E-state index in [0.717, 1.165) is 59.7 Å². The van der Waals surface area contributed by atoms with Gasteiger partial charge in [-0.2, -0.15) is 10.4 Å². The Morgan fingerprint density at radius 2 is 2.18 bits per heavy atom. The minimum absolute atomic E-state index is 0.334. The molecule has 0 radical (unpaired) electrons. The van der Waals surface area contributed by atoms with Crippen LogP contribution in [0.5, 0.6) is 0 Å². The van der Waals surface area contributed by atoms with Crippen LogP contribution in [0, 0.1) is 30.1 Å². The highest BCUT2D eigenvalue weighted by Gasteiger charge is 2.41. The van der Waals surface area contributed by atoms with Gasteiger partial charge < -0.3 is 14.2 Å². The standard InChI is InChI=1S/C26H34N6OS/c1-18(2)26(30-29-20(4)25-19(3)28-17-33-25)34-12-6-10-31-15-22-9-11-32(24(22)16-31)23-8-5-7-21(13-23)14-27/h5,7-8,13,17-18,22,24H,6,9-12,15-16H2,1-4H3/b29-20+,30-26+. The van der Waals surface area contributed by atoms with Crippen molar-refractivity contribution >= 4 is 28.2 Å². The molecular formula is C26H34N6OS. The molecule has 2 aromatic rings. The predicted molar refractivity (Wildman–Crippen MR) is 140 cm³/mol. The fraction of sp³-hybridized carbons (Fsp3) is 0.538.